The van der Waals surface area contributed by atoms with Crippen LogP contribution >= 0.6 is 0 Å². The van der Waals surface area contributed by atoms with Crippen molar-refractivity contribution in [1.29, 1.82) is 0 Å². The highest BCUT2D eigenvalue weighted by Gasteiger charge is 2.16. The summed E-state index contributed by atoms with van der Waals surface area (Å²) in [6, 6.07) is 14.7. The van der Waals surface area contributed by atoms with Gasteiger partial charge in [-0.05, 0) is 48.2 Å². The van der Waals surface area contributed by atoms with Gasteiger partial charge in [0.25, 0.3) is 0 Å². The number of aryl methyl sites for hydroxylation is 2. The van der Waals surface area contributed by atoms with E-state index in [-0.39, 0.29) is 24.0 Å². The Morgan fingerprint density at radius 3 is 2.58 bits per heavy atom. The molecule has 0 radical (unpaired) electrons. The Morgan fingerprint density at radius 1 is 1.00 bits per heavy atom. The largest absolute Gasteiger partial charge is 0.337 e. The van der Waals surface area contributed by atoms with Gasteiger partial charge in [0, 0.05) is 32.0 Å². The lowest BCUT2D eigenvalue weighted by Gasteiger charge is -2.11. The van der Waals surface area contributed by atoms with Gasteiger partial charge in [0.05, 0.1) is 11.4 Å². The summed E-state index contributed by atoms with van der Waals surface area (Å²) in [6.45, 7) is 4.90. The van der Waals surface area contributed by atoms with Crippen LogP contribution in [0.15, 0.2) is 65.8 Å². The van der Waals surface area contributed by atoms with E-state index in [0.717, 1.165) is 16.7 Å². The molecular weight excluding hydrogens is 414 g/mol. The molecule has 31 heavy (non-hydrogen) atoms. The number of amides is 2. The van der Waals surface area contributed by atoms with Gasteiger partial charge >= 0.3 is 6.03 Å². The third-order valence-electron chi connectivity index (χ3n) is 4.68. The highest BCUT2D eigenvalue weighted by Crippen LogP contribution is 2.16. The molecule has 0 saturated carbocycles. The minimum absolute atomic E-state index is 0.0997. The molecule has 164 valence electrons. The summed E-state index contributed by atoms with van der Waals surface area (Å²) in [4.78, 5) is 12.3. The Kier molecular flexibility index (Phi) is 7.43. The van der Waals surface area contributed by atoms with E-state index in [2.05, 4.69) is 20.5 Å². The van der Waals surface area contributed by atoms with Crippen LogP contribution in [0, 0.1) is 13.8 Å². The standard InChI is InChI=1S/C22H27N5O3S/c1-17-7-8-18(2)21(13-17)31(29,30)26-11-10-23-22(28)24-15-19-5-3-6-20(14-19)16-27-12-4-9-25-27/h3-9,12-14,26H,10-11,15-16H2,1-2H3,(H2,23,24,28). The van der Waals surface area contributed by atoms with Crippen molar-refractivity contribution in [3.63, 3.8) is 0 Å². The number of sulfonamides is 1. The van der Waals surface area contributed by atoms with Gasteiger partial charge in [-0.2, -0.15) is 5.10 Å². The molecule has 0 saturated heterocycles. The third-order valence-corrected chi connectivity index (χ3v) is 6.29. The maximum absolute atomic E-state index is 12.5. The summed E-state index contributed by atoms with van der Waals surface area (Å²) >= 11 is 0. The smallest absolute Gasteiger partial charge is 0.315 e. The van der Waals surface area contributed by atoms with Crippen LogP contribution in [0.25, 0.3) is 0 Å². The maximum Gasteiger partial charge on any atom is 0.315 e. The average molecular weight is 442 g/mol. The van der Waals surface area contributed by atoms with Crippen molar-refractivity contribution >= 4 is 16.1 Å². The van der Waals surface area contributed by atoms with E-state index in [1.54, 1.807) is 25.3 Å². The minimum atomic E-state index is -3.62. The van der Waals surface area contributed by atoms with E-state index in [0.29, 0.717) is 18.7 Å². The van der Waals surface area contributed by atoms with Gasteiger partial charge in [0.2, 0.25) is 10.0 Å². The van der Waals surface area contributed by atoms with Gasteiger partial charge < -0.3 is 10.6 Å². The van der Waals surface area contributed by atoms with Crippen LogP contribution in [-0.4, -0.2) is 37.3 Å². The molecule has 0 spiro atoms. The number of nitrogens with one attached hydrogen (secondary N) is 3. The van der Waals surface area contributed by atoms with Crippen molar-refractivity contribution < 1.29 is 13.2 Å². The molecular formula is C22H27N5O3S. The summed E-state index contributed by atoms with van der Waals surface area (Å²) in [7, 11) is -3.62. The number of hydrogen-bond acceptors (Lipinski definition) is 4. The Bertz CT molecular complexity index is 1130. The first-order valence-corrected chi connectivity index (χ1v) is 11.5. The predicted molar refractivity (Wildman–Crippen MR) is 119 cm³/mol. The topological polar surface area (TPSA) is 105 Å². The number of aromatic nitrogens is 2. The fourth-order valence-corrected chi connectivity index (χ4v) is 4.46. The molecule has 0 bridgehead atoms. The van der Waals surface area contributed by atoms with Crippen LogP contribution in [0.5, 0.6) is 0 Å². The fraction of sp³-hybridized carbons (Fsp3) is 0.273. The highest BCUT2D eigenvalue weighted by molar-refractivity contribution is 7.89. The Hall–Kier alpha value is -3.17. The second-order valence-corrected chi connectivity index (χ2v) is 9.04. The van der Waals surface area contributed by atoms with E-state index >= 15 is 0 Å². The van der Waals surface area contributed by atoms with Crippen molar-refractivity contribution in [2.75, 3.05) is 13.1 Å². The molecule has 1 aromatic heterocycles. The predicted octanol–water partition coefficient (Wildman–Crippen LogP) is 2.33. The summed E-state index contributed by atoms with van der Waals surface area (Å²) in [5, 5.41) is 9.63. The van der Waals surface area contributed by atoms with Crippen molar-refractivity contribution in [3.05, 3.63) is 83.2 Å². The Balaban J connectivity index is 1.42. The SMILES string of the molecule is Cc1ccc(C)c(S(=O)(=O)NCCNC(=O)NCc2cccc(Cn3cccn3)c2)c1. The van der Waals surface area contributed by atoms with Gasteiger partial charge in [-0.3, -0.25) is 4.68 Å². The molecule has 2 amide bonds. The Morgan fingerprint density at radius 2 is 1.81 bits per heavy atom. The summed E-state index contributed by atoms with van der Waals surface area (Å²) in [5.41, 5.74) is 3.61. The second-order valence-electron chi connectivity index (χ2n) is 7.30. The van der Waals surface area contributed by atoms with Gasteiger partial charge in [-0.25, -0.2) is 17.9 Å². The number of rotatable bonds is 9. The van der Waals surface area contributed by atoms with Crippen LogP contribution in [0.1, 0.15) is 22.3 Å². The molecule has 3 aromatic rings. The van der Waals surface area contributed by atoms with Crippen LogP contribution in [0.2, 0.25) is 0 Å². The molecule has 1 heterocycles. The first-order chi connectivity index (χ1) is 14.8. The monoisotopic (exact) mass is 441 g/mol. The normalized spacial score (nSPS) is 11.3. The zero-order valence-electron chi connectivity index (χ0n) is 17.6. The first-order valence-electron chi connectivity index (χ1n) is 9.97. The fourth-order valence-electron chi connectivity index (χ4n) is 3.10. The first kappa shape index (κ1) is 22.5. The lowest BCUT2D eigenvalue weighted by Crippen LogP contribution is -2.40. The van der Waals surface area contributed by atoms with E-state index in [1.807, 2.05) is 54.2 Å². The maximum atomic E-state index is 12.5. The molecule has 0 atom stereocenters. The number of carbonyl (C=O) groups is 1. The van der Waals surface area contributed by atoms with Crippen LogP contribution in [0.4, 0.5) is 4.79 Å². The summed E-state index contributed by atoms with van der Waals surface area (Å²) in [5.74, 6) is 0. The Labute approximate surface area is 182 Å². The zero-order chi connectivity index (χ0) is 22.3. The van der Waals surface area contributed by atoms with Gasteiger partial charge in [-0.15, -0.1) is 0 Å². The molecule has 3 N–H and O–H groups in total. The molecule has 0 aliphatic rings. The molecule has 0 fully saturated rings. The van der Waals surface area contributed by atoms with E-state index in [4.69, 9.17) is 0 Å². The number of nitrogens with zero attached hydrogens (tertiary/aromatic N) is 2. The summed E-state index contributed by atoms with van der Waals surface area (Å²) in [6.07, 6.45) is 3.63. The molecule has 2 aromatic carbocycles. The molecule has 9 heteroatoms. The van der Waals surface area contributed by atoms with Crippen LogP contribution < -0.4 is 15.4 Å². The third kappa shape index (κ3) is 6.66. The number of benzene rings is 2. The molecule has 0 unspecified atom stereocenters. The number of urea groups is 1. The number of carbonyl (C=O) groups excluding carboxylic acids is 1. The average Bonchev–Trinajstić information content (AvgIpc) is 3.25. The zero-order valence-corrected chi connectivity index (χ0v) is 18.4. The van der Waals surface area contributed by atoms with Gasteiger partial charge in [-0.1, -0.05) is 36.4 Å². The van der Waals surface area contributed by atoms with Crippen molar-refractivity contribution in [2.45, 2.75) is 31.8 Å². The van der Waals surface area contributed by atoms with Crippen molar-refractivity contribution in [1.82, 2.24) is 25.1 Å². The molecule has 0 aliphatic carbocycles. The molecule has 3 rings (SSSR count). The number of hydrogen-bond donors (Lipinski definition) is 3. The van der Waals surface area contributed by atoms with E-state index in [1.165, 1.54) is 0 Å². The van der Waals surface area contributed by atoms with E-state index in [9.17, 15) is 13.2 Å². The van der Waals surface area contributed by atoms with Crippen LogP contribution in [0.3, 0.4) is 0 Å². The lowest BCUT2D eigenvalue weighted by atomic mass is 10.1. The van der Waals surface area contributed by atoms with Crippen LogP contribution in [-0.2, 0) is 23.1 Å². The van der Waals surface area contributed by atoms with Gasteiger partial charge in [0.1, 0.15) is 0 Å². The second kappa shape index (κ2) is 10.2. The summed E-state index contributed by atoms with van der Waals surface area (Å²) < 4.78 is 29.3. The lowest BCUT2D eigenvalue weighted by molar-refractivity contribution is 0.240. The molecule has 8 nitrogen and oxygen atoms in total. The minimum Gasteiger partial charge on any atom is -0.337 e. The van der Waals surface area contributed by atoms with E-state index < -0.39 is 10.0 Å². The quantitative estimate of drug-likeness (QED) is 0.443. The van der Waals surface area contributed by atoms with Gasteiger partial charge in [0.15, 0.2) is 0 Å². The molecule has 0 aliphatic heterocycles. The van der Waals surface area contributed by atoms with Crippen molar-refractivity contribution in [3.8, 4) is 0 Å². The van der Waals surface area contributed by atoms with Crippen molar-refractivity contribution in [2.24, 2.45) is 0 Å². The highest BCUT2D eigenvalue weighted by atomic mass is 32.2.